The second-order valence-corrected chi connectivity index (χ2v) is 20.1. The van der Waals surface area contributed by atoms with Gasteiger partial charge in [0.25, 0.3) is 0 Å². The van der Waals surface area contributed by atoms with Gasteiger partial charge in [-0.3, -0.25) is 0 Å². The summed E-state index contributed by atoms with van der Waals surface area (Å²) >= 11 is 8.07. The summed E-state index contributed by atoms with van der Waals surface area (Å²) in [6, 6.07) is 51.0. The molecule has 0 fully saturated rings. The molecule has 1 aliphatic heterocycles. The SMILES string of the molecule is Cc1cc(N(c2ccc(C(C)(C)C)cc2)c2cc(-c3cc4ccccc4o3)cc(-c3cc4ccccc4o3)c2)c(Cl)c(N(c2ccc3c(c2)OCCO3)c2c(C)cc(C(C)(C)C)cc2C)c1. The van der Waals surface area contributed by atoms with Gasteiger partial charge in [0.1, 0.15) is 35.9 Å². The molecular weight excluding hydrogens is 836 g/mol. The maximum absolute atomic E-state index is 8.07. The first-order valence-corrected chi connectivity index (χ1v) is 23.1. The molecule has 0 spiro atoms. The summed E-state index contributed by atoms with van der Waals surface area (Å²) in [5, 5.41) is 2.64. The first-order valence-electron chi connectivity index (χ1n) is 22.7. The molecule has 0 saturated heterocycles. The van der Waals surface area contributed by atoms with Crippen LogP contribution >= 0.6 is 11.6 Å². The predicted molar refractivity (Wildman–Crippen MR) is 274 cm³/mol. The lowest BCUT2D eigenvalue weighted by molar-refractivity contribution is 0.171. The van der Waals surface area contributed by atoms with Crippen molar-refractivity contribution < 1.29 is 18.3 Å². The normalized spacial score (nSPS) is 12.8. The Morgan fingerprint density at radius 3 is 1.53 bits per heavy atom. The molecular formula is C59H55ClN2O4. The molecule has 0 atom stereocenters. The van der Waals surface area contributed by atoms with E-state index < -0.39 is 0 Å². The van der Waals surface area contributed by atoms with Gasteiger partial charge in [-0.15, -0.1) is 0 Å². The molecule has 9 aromatic rings. The number of hydrogen-bond donors (Lipinski definition) is 0. The molecule has 332 valence electrons. The summed E-state index contributed by atoms with van der Waals surface area (Å²) in [4.78, 5) is 4.56. The number of anilines is 6. The number of nitrogens with zero attached hydrogens (tertiary/aromatic N) is 2. The summed E-state index contributed by atoms with van der Waals surface area (Å²) in [7, 11) is 0. The Balaban J connectivity index is 1.24. The molecule has 7 heteroatoms. The van der Waals surface area contributed by atoms with Gasteiger partial charge in [0, 0.05) is 39.3 Å². The molecule has 0 bridgehead atoms. The third kappa shape index (κ3) is 8.09. The van der Waals surface area contributed by atoms with Crippen molar-refractivity contribution in [2.75, 3.05) is 23.0 Å². The monoisotopic (exact) mass is 890 g/mol. The van der Waals surface area contributed by atoms with E-state index in [1.165, 1.54) is 11.1 Å². The highest BCUT2D eigenvalue weighted by Crippen LogP contribution is 2.51. The fourth-order valence-corrected chi connectivity index (χ4v) is 9.45. The molecule has 66 heavy (non-hydrogen) atoms. The van der Waals surface area contributed by atoms with Gasteiger partial charge < -0.3 is 28.1 Å². The highest BCUT2D eigenvalue weighted by Gasteiger charge is 2.29. The Morgan fingerprint density at radius 1 is 0.470 bits per heavy atom. The number of furan rings is 2. The largest absolute Gasteiger partial charge is 0.486 e. The molecule has 10 rings (SSSR count). The van der Waals surface area contributed by atoms with Crippen LogP contribution in [0.25, 0.3) is 44.6 Å². The summed E-state index contributed by atoms with van der Waals surface area (Å²) in [5.41, 5.74) is 14.6. The minimum absolute atomic E-state index is 0.0365. The third-order valence-electron chi connectivity index (χ3n) is 12.6. The van der Waals surface area contributed by atoms with Crippen LogP contribution < -0.4 is 19.3 Å². The van der Waals surface area contributed by atoms with Crippen LogP contribution in [0, 0.1) is 20.8 Å². The number of para-hydroxylation sites is 2. The van der Waals surface area contributed by atoms with Crippen LogP contribution in [0.1, 0.15) is 69.4 Å². The maximum atomic E-state index is 8.07. The van der Waals surface area contributed by atoms with Crippen molar-refractivity contribution in [2.24, 2.45) is 0 Å². The van der Waals surface area contributed by atoms with Gasteiger partial charge in [0.05, 0.1) is 27.8 Å². The summed E-state index contributed by atoms with van der Waals surface area (Å²) in [6.45, 7) is 21.0. The number of rotatable bonds is 8. The Labute approximate surface area is 393 Å². The van der Waals surface area contributed by atoms with Crippen molar-refractivity contribution in [3.63, 3.8) is 0 Å². The molecule has 0 aliphatic carbocycles. The van der Waals surface area contributed by atoms with E-state index in [9.17, 15) is 0 Å². The Bertz CT molecular complexity index is 3110. The van der Waals surface area contributed by atoms with E-state index in [4.69, 9.17) is 29.9 Å². The van der Waals surface area contributed by atoms with Crippen molar-refractivity contribution in [3.05, 3.63) is 178 Å². The van der Waals surface area contributed by atoms with E-state index in [-0.39, 0.29) is 10.8 Å². The zero-order valence-corrected chi connectivity index (χ0v) is 39.9. The lowest BCUT2D eigenvalue weighted by atomic mass is 9.84. The summed E-state index contributed by atoms with van der Waals surface area (Å²) in [5.74, 6) is 2.94. The van der Waals surface area contributed by atoms with Crippen LogP contribution in [-0.4, -0.2) is 13.2 Å². The molecule has 6 nitrogen and oxygen atoms in total. The topological polar surface area (TPSA) is 51.2 Å². The van der Waals surface area contributed by atoms with Crippen LogP contribution in [0.3, 0.4) is 0 Å². The number of ether oxygens (including phenoxy) is 2. The highest BCUT2D eigenvalue weighted by atomic mass is 35.5. The van der Waals surface area contributed by atoms with Crippen LogP contribution in [0.2, 0.25) is 5.02 Å². The first kappa shape index (κ1) is 43.0. The van der Waals surface area contributed by atoms with Crippen molar-refractivity contribution >= 4 is 67.7 Å². The van der Waals surface area contributed by atoms with Gasteiger partial charge in [-0.25, -0.2) is 0 Å². The Kier molecular flexibility index (Phi) is 10.8. The summed E-state index contributed by atoms with van der Waals surface area (Å²) in [6.07, 6.45) is 0. The van der Waals surface area contributed by atoms with E-state index in [1.807, 2.05) is 42.5 Å². The van der Waals surface area contributed by atoms with Crippen molar-refractivity contribution in [1.29, 1.82) is 0 Å². The fraction of sp³-hybridized carbons (Fsp3) is 0.220. The van der Waals surface area contributed by atoms with Gasteiger partial charge in [0.2, 0.25) is 0 Å². The van der Waals surface area contributed by atoms with Crippen LogP contribution in [0.15, 0.2) is 154 Å². The number of halogens is 1. The highest BCUT2D eigenvalue weighted by molar-refractivity contribution is 6.37. The number of hydrogen-bond acceptors (Lipinski definition) is 6. The second kappa shape index (κ2) is 16.5. The van der Waals surface area contributed by atoms with Crippen molar-refractivity contribution in [3.8, 4) is 34.1 Å². The van der Waals surface area contributed by atoms with Gasteiger partial charge in [-0.2, -0.15) is 0 Å². The lowest BCUT2D eigenvalue weighted by Crippen LogP contribution is -2.19. The molecule has 0 amide bonds. The van der Waals surface area contributed by atoms with Crippen molar-refractivity contribution in [1.82, 2.24) is 0 Å². The average Bonchev–Trinajstić information content (AvgIpc) is 3.94. The average molecular weight is 892 g/mol. The Morgan fingerprint density at radius 2 is 0.985 bits per heavy atom. The van der Waals surface area contributed by atoms with E-state index in [0.717, 1.165) is 101 Å². The molecule has 0 unspecified atom stereocenters. The van der Waals surface area contributed by atoms with Gasteiger partial charge >= 0.3 is 0 Å². The van der Waals surface area contributed by atoms with Gasteiger partial charge in [-0.1, -0.05) is 114 Å². The smallest absolute Gasteiger partial charge is 0.163 e. The van der Waals surface area contributed by atoms with E-state index in [0.29, 0.717) is 24.0 Å². The molecule has 3 heterocycles. The zero-order valence-electron chi connectivity index (χ0n) is 39.2. The molecule has 0 saturated carbocycles. The van der Waals surface area contributed by atoms with Gasteiger partial charge in [-0.05, 0) is 138 Å². The molecule has 7 aromatic carbocycles. The van der Waals surface area contributed by atoms with Crippen LogP contribution in [0.4, 0.5) is 34.1 Å². The molecule has 2 aromatic heterocycles. The Hall–Kier alpha value is -6.89. The minimum Gasteiger partial charge on any atom is -0.486 e. The predicted octanol–water partition coefficient (Wildman–Crippen LogP) is 17.4. The molecule has 0 N–H and O–H groups in total. The van der Waals surface area contributed by atoms with Gasteiger partial charge in [0.15, 0.2) is 11.5 Å². The molecule has 1 aliphatic rings. The van der Waals surface area contributed by atoms with E-state index >= 15 is 0 Å². The molecule has 0 radical (unpaired) electrons. The standard InChI is InChI=1S/C59H55ClN2O4/c1-36-26-48(56(60)49(27-36)62(46-22-23-52-55(35-46)64-25-24-63-52)57-37(2)28-44(29-38(57)3)59(7,8)9)61(45-20-18-43(19-21-45)58(4,5)6)47-31-41(53-33-39-14-10-12-16-50(39)65-53)30-42(32-47)54-34-40-15-11-13-17-51(40)66-54/h10-23,26-35H,24-25H2,1-9H3. The second-order valence-electron chi connectivity index (χ2n) is 19.7. The van der Waals surface area contributed by atoms with Crippen molar-refractivity contribution in [2.45, 2.75) is 73.1 Å². The first-order chi connectivity index (χ1) is 31.6. The lowest BCUT2D eigenvalue weighted by Gasteiger charge is -2.34. The van der Waals surface area contributed by atoms with E-state index in [2.05, 4.69) is 175 Å². The van der Waals surface area contributed by atoms with Crippen LogP contribution in [0.5, 0.6) is 11.5 Å². The third-order valence-corrected chi connectivity index (χ3v) is 13.0. The quantitative estimate of drug-likeness (QED) is 0.151. The maximum Gasteiger partial charge on any atom is 0.163 e. The van der Waals surface area contributed by atoms with Crippen LogP contribution in [-0.2, 0) is 10.8 Å². The number of aryl methyl sites for hydroxylation is 3. The van der Waals surface area contributed by atoms with E-state index in [1.54, 1.807) is 0 Å². The number of fused-ring (bicyclic) bond motifs is 3. The number of benzene rings is 7. The summed E-state index contributed by atoms with van der Waals surface area (Å²) < 4.78 is 25.4. The minimum atomic E-state index is -0.0461. The fourth-order valence-electron chi connectivity index (χ4n) is 9.17. The zero-order chi connectivity index (χ0) is 46.1.